The molecule has 0 radical (unpaired) electrons. The molecule has 1 amide bonds. The van der Waals surface area contributed by atoms with Crippen LogP contribution < -0.4 is 10.2 Å². The van der Waals surface area contributed by atoms with Crippen LogP contribution >= 0.6 is 0 Å². The Bertz CT molecular complexity index is 273. The van der Waals surface area contributed by atoms with Crippen molar-refractivity contribution < 1.29 is 14.7 Å². The van der Waals surface area contributed by atoms with Gasteiger partial charge in [0.05, 0.1) is 0 Å². The SMILES string of the molecule is CC(Oc1ccccc1)C(=O)NO. The van der Waals surface area contributed by atoms with E-state index in [9.17, 15) is 4.79 Å². The number of para-hydroxylation sites is 1. The van der Waals surface area contributed by atoms with E-state index < -0.39 is 12.0 Å². The zero-order chi connectivity index (χ0) is 9.68. The highest BCUT2D eigenvalue weighted by molar-refractivity contribution is 5.79. The number of carbonyl (C=O) groups excluding carboxylic acids is 1. The van der Waals surface area contributed by atoms with Crippen LogP contribution in [0, 0.1) is 0 Å². The van der Waals surface area contributed by atoms with Gasteiger partial charge in [0, 0.05) is 0 Å². The third kappa shape index (κ3) is 2.76. The Hall–Kier alpha value is -1.55. The number of hydrogen-bond donors (Lipinski definition) is 2. The van der Waals surface area contributed by atoms with Gasteiger partial charge >= 0.3 is 0 Å². The van der Waals surface area contributed by atoms with Gasteiger partial charge in [-0.1, -0.05) is 18.2 Å². The molecule has 2 N–H and O–H groups in total. The quantitative estimate of drug-likeness (QED) is 0.539. The van der Waals surface area contributed by atoms with Crippen molar-refractivity contribution >= 4 is 5.91 Å². The van der Waals surface area contributed by atoms with Crippen molar-refractivity contribution in [2.75, 3.05) is 0 Å². The average Bonchev–Trinajstić information content (AvgIpc) is 2.18. The van der Waals surface area contributed by atoms with Crippen molar-refractivity contribution in [3.05, 3.63) is 30.3 Å². The lowest BCUT2D eigenvalue weighted by Crippen LogP contribution is -2.34. The first-order valence-corrected chi connectivity index (χ1v) is 3.89. The monoisotopic (exact) mass is 181 g/mol. The van der Waals surface area contributed by atoms with E-state index in [4.69, 9.17) is 9.94 Å². The molecule has 0 saturated heterocycles. The van der Waals surface area contributed by atoms with Crippen LogP contribution in [0.25, 0.3) is 0 Å². The molecule has 1 aromatic rings. The molecule has 70 valence electrons. The van der Waals surface area contributed by atoms with Crippen molar-refractivity contribution in [3.63, 3.8) is 0 Å². The van der Waals surface area contributed by atoms with E-state index in [2.05, 4.69) is 0 Å². The first-order valence-electron chi connectivity index (χ1n) is 3.89. The molecular weight excluding hydrogens is 170 g/mol. The van der Waals surface area contributed by atoms with Gasteiger partial charge < -0.3 is 4.74 Å². The van der Waals surface area contributed by atoms with E-state index in [1.807, 2.05) is 6.07 Å². The number of benzene rings is 1. The summed E-state index contributed by atoms with van der Waals surface area (Å²) in [6.07, 6.45) is -0.701. The first-order chi connectivity index (χ1) is 6.24. The fourth-order valence-electron chi connectivity index (χ4n) is 0.848. The van der Waals surface area contributed by atoms with Gasteiger partial charge in [-0.25, -0.2) is 5.48 Å². The summed E-state index contributed by atoms with van der Waals surface area (Å²) in [6.45, 7) is 1.55. The number of hydrogen-bond acceptors (Lipinski definition) is 3. The number of carbonyl (C=O) groups is 1. The predicted molar refractivity (Wildman–Crippen MR) is 46.5 cm³/mol. The van der Waals surface area contributed by atoms with E-state index >= 15 is 0 Å². The van der Waals surface area contributed by atoms with E-state index in [1.54, 1.807) is 31.2 Å². The minimum atomic E-state index is -0.701. The molecule has 0 aromatic heterocycles. The largest absolute Gasteiger partial charge is 0.481 e. The number of ether oxygens (including phenoxy) is 1. The first kappa shape index (κ1) is 9.54. The Labute approximate surface area is 76.1 Å². The lowest BCUT2D eigenvalue weighted by molar-refractivity contribution is -0.135. The van der Waals surface area contributed by atoms with Crippen molar-refractivity contribution in [1.29, 1.82) is 0 Å². The number of nitrogens with one attached hydrogen (secondary N) is 1. The molecule has 0 aliphatic rings. The Kier molecular flexibility index (Phi) is 3.28. The highest BCUT2D eigenvalue weighted by Gasteiger charge is 2.12. The summed E-state index contributed by atoms with van der Waals surface area (Å²) in [5.41, 5.74) is 1.52. The zero-order valence-corrected chi connectivity index (χ0v) is 7.23. The van der Waals surface area contributed by atoms with Crippen LogP contribution in [0.3, 0.4) is 0 Å². The second-order valence-electron chi connectivity index (χ2n) is 2.55. The van der Waals surface area contributed by atoms with E-state index in [0.717, 1.165) is 0 Å². The highest BCUT2D eigenvalue weighted by Crippen LogP contribution is 2.10. The van der Waals surface area contributed by atoms with Gasteiger partial charge in [0.15, 0.2) is 6.10 Å². The van der Waals surface area contributed by atoms with Gasteiger partial charge in [0.2, 0.25) is 0 Å². The topological polar surface area (TPSA) is 58.6 Å². The second-order valence-corrected chi connectivity index (χ2v) is 2.55. The molecule has 0 fully saturated rings. The molecule has 0 aliphatic heterocycles. The Morgan fingerprint density at radius 1 is 1.46 bits per heavy atom. The Morgan fingerprint density at radius 3 is 2.62 bits per heavy atom. The fourth-order valence-corrected chi connectivity index (χ4v) is 0.848. The molecule has 0 bridgehead atoms. The van der Waals surface area contributed by atoms with Gasteiger partial charge in [-0.3, -0.25) is 10.0 Å². The van der Waals surface area contributed by atoms with Crippen molar-refractivity contribution in [3.8, 4) is 5.75 Å². The molecule has 1 rings (SSSR count). The highest BCUT2D eigenvalue weighted by atomic mass is 16.5. The standard InChI is InChI=1S/C9H11NO3/c1-7(9(11)10-12)13-8-5-3-2-4-6-8/h2-7,12H,1H3,(H,10,11). The van der Waals surface area contributed by atoms with E-state index in [0.29, 0.717) is 5.75 Å². The third-order valence-corrected chi connectivity index (χ3v) is 1.54. The lowest BCUT2D eigenvalue weighted by atomic mass is 10.3. The molecule has 13 heavy (non-hydrogen) atoms. The van der Waals surface area contributed by atoms with Crippen LogP contribution in [0.4, 0.5) is 0 Å². The molecule has 1 unspecified atom stereocenters. The summed E-state index contributed by atoms with van der Waals surface area (Å²) in [4.78, 5) is 10.8. The summed E-state index contributed by atoms with van der Waals surface area (Å²) >= 11 is 0. The van der Waals surface area contributed by atoms with Crippen LogP contribution in [-0.4, -0.2) is 17.2 Å². The summed E-state index contributed by atoms with van der Waals surface area (Å²) in [5, 5.41) is 8.30. The Morgan fingerprint density at radius 2 is 2.08 bits per heavy atom. The normalized spacial score (nSPS) is 11.8. The fraction of sp³-hybridized carbons (Fsp3) is 0.222. The molecule has 0 heterocycles. The van der Waals surface area contributed by atoms with Gasteiger partial charge in [-0.2, -0.15) is 0 Å². The Balaban J connectivity index is 2.55. The maximum absolute atomic E-state index is 10.8. The molecule has 1 atom stereocenters. The summed E-state index contributed by atoms with van der Waals surface area (Å²) in [6, 6.07) is 8.93. The molecule has 1 aromatic carbocycles. The molecule has 4 nitrogen and oxygen atoms in total. The maximum atomic E-state index is 10.8. The van der Waals surface area contributed by atoms with Crippen molar-refractivity contribution in [2.45, 2.75) is 13.0 Å². The molecular formula is C9H11NO3. The summed E-state index contributed by atoms with van der Waals surface area (Å²) in [7, 11) is 0. The third-order valence-electron chi connectivity index (χ3n) is 1.54. The van der Waals surface area contributed by atoms with Crippen molar-refractivity contribution in [1.82, 2.24) is 5.48 Å². The zero-order valence-electron chi connectivity index (χ0n) is 7.23. The minimum Gasteiger partial charge on any atom is -0.481 e. The van der Waals surface area contributed by atoms with Gasteiger partial charge in [0.25, 0.3) is 5.91 Å². The van der Waals surface area contributed by atoms with Gasteiger partial charge in [-0.05, 0) is 19.1 Å². The molecule has 0 spiro atoms. The van der Waals surface area contributed by atoms with Gasteiger partial charge in [0.1, 0.15) is 5.75 Å². The number of rotatable bonds is 3. The molecule has 0 aliphatic carbocycles. The van der Waals surface area contributed by atoms with E-state index in [1.165, 1.54) is 5.48 Å². The summed E-state index contributed by atoms with van der Waals surface area (Å²) < 4.78 is 5.19. The average molecular weight is 181 g/mol. The maximum Gasteiger partial charge on any atom is 0.284 e. The summed E-state index contributed by atoms with van der Waals surface area (Å²) in [5.74, 6) is 0.0300. The van der Waals surface area contributed by atoms with Crippen LogP contribution in [0.15, 0.2) is 30.3 Å². The molecule has 0 saturated carbocycles. The van der Waals surface area contributed by atoms with E-state index in [-0.39, 0.29) is 0 Å². The van der Waals surface area contributed by atoms with Gasteiger partial charge in [-0.15, -0.1) is 0 Å². The number of hydroxylamine groups is 1. The smallest absolute Gasteiger partial charge is 0.284 e. The molecule has 4 heteroatoms. The van der Waals surface area contributed by atoms with Crippen LogP contribution in [-0.2, 0) is 4.79 Å². The predicted octanol–water partition coefficient (Wildman–Crippen LogP) is 0.959. The number of amides is 1. The van der Waals surface area contributed by atoms with Crippen molar-refractivity contribution in [2.24, 2.45) is 0 Å². The van der Waals surface area contributed by atoms with Crippen LogP contribution in [0.5, 0.6) is 5.75 Å². The second kappa shape index (κ2) is 4.47. The lowest BCUT2D eigenvalue weighted by Gasteiger charge is -2.11. The minimum absolute atomic E-state index is 0.566. The van der Waals surface area contributed by atoms with Crippen LogP contribution in [0.1, 0.15) is 6.92 Å². The van der Waals surface area contributed by atoms with Crippen LogP contribution in [0.2, 0.25) is 0 Å².